The van der Waals surface area contributed by atoms with Gasteiger partial charge in [-0.15, -0.1) is 11.6 Å². The van der Waals surface area contributed by atoms with Crippen molar-refractivity contribution in [3.05, 3.63) is 35.4 Å². The van der Waals surface area contributed by atoms with E-state index in [0.717, 1.165) is 19.4 Å². The summed E-state index contributed by atoms with van der Waals surface area (Å²) in [5, 5.41) is 0. The molecule has 0 fully saturated rings. The van der Waals surface area contributed by atoms with E-state index in [2.05, 4.69) is 26.0 Å². The van der Waals surface area contributed by atoms with Crippen molar-refractivity contribution in [3.8, 4) is 0 Å². The minimum Gasteiger partial charge on any atom is -0.340 e. The third kappa shape index (κ3) is 2.54. The van der Waals surface area contributed by atoms with Gasteiger partial charge in [-0.05, 0) is 37.8 Å². The van der Waals surface area contributed by atoms with Crippen LogP contribution in [0.5, 0.6) is 0 Å². The van der Waals surface area contributed by atoms with Crippen LogP contribution in [0.15, 0.2) is 24.3 Å². The minimum atomic E-state index is 0.0684. The summed E-state index contributed by atoms with van der Waals surface area (Å²) in [7, 11) is 0. The maximum Gasteiger partial charge on any atom is 0.230 e. The van der Waals surface area contributed by atoms with Crippen LogP contribution in [0.4, 0.5) is 0 Å². The van der Waals surface area contributed by atoms with E-state index in [9.17, 15) is 4.79 Å². The Hall–Kier alpha value is -1.02. The Bertz CT molecular complexity index is 430. The van der Waals surface area contributed by atoms with Crippen molar-refractivity contribution in [2.75, 3.05) is 12.4 Å². The highest BCUT2D eigenvalue weighted by atomic mass is 35.5. The molecule has 2 rings (SSSR count). The molecule has 0 bridgehead atoms. The molecule has 3 heteroatoms. The highest BCUT2D eigenvalue weighted by molar-refractivity contribution is 6.17. The lowest BCUT2D eigenvalue weighted by Crippen LogP contribution is -2.43. The summed E-state index contributed by atoms with van der Waals surface area (Å²) in [6.45, 7) is 4.89. The van der Waals surface area contributed by atoms with Crippen LogP contribution in [-0.2, 0) is 11.2 Å². The largest absolute Gasteiger partial charge is 0.340 e. The second kappa shape index (κ2) is 5.75. The Morgan fingerprint density at radius 3 is 2.78 bits per heavy atom. The van der Waals surface area contributed by atoms with Gasteiger partial charge >= 0.3 is 0 Å². The SMILES string of the molecule is CC(C)N(CCCCl)C(=O)C1Cc2ccccc21. The molecule has 1 aliphatic carbocycles. The lowest BCUT2D eigenvalue weighted by atomic mass is 9.76. The molecule has 18 heavy (non-hydrogen) atoms. The van der Waals surface area contributed by atoms with Gasteiger partial charge in [-0.1, -0.05) is 24.3 Å². The van der Waals surface area contributed by atoms with Crippen molar-refractivity contribution in [3.63, 3.8) is 0 Å². The van der Waals surface area contributed by atoms with Crippen molar-refractivity contribution in [2.24, 2.45) is 0 Å². The van der Waals surface area contributed by atoms with E-state index in [-0.39, 0.29) is 17.9 Å². The Morgan fingerprint density at radius 2 is 2.17 bits per heavy atom. The number of carbonyl (C=O) groups is 1. The molecule has 1 aliphatic rings. The van der Waals surface area contributed by atoms with Crippen molar-refractivity contribution in [1.82, 2.24) is 4.90 Å². The minimum absolute atomic E-state index is 0.0684. The number of rotatable bonds is 5. The second-order valence-electron chi connectivity index (χ2n) is 5.12. The van der Waals surface area contributed by atoms with E-state index in [1.165, 1.54) is 11.1 Å². The molecule has 1 aromatic rings. The summed E-state index contributed by atoms with van der Waals surface area (Å²) in [5.74, 6) is 0.935. The van der Waals surface area contributed by atoms with Crippen molar-refractivity contribution in [2.45, 2.75) is 38.6 Å². The molecule has 0 N–H and O–H groups in total. The highest BCUT2D eigenvalue weighted by Crippen LogP contribution is 2.36. The molecular weight excluding hydrogens is 246 g/mol. The number of nitrogens with zero attached hydrogens (tertiary/aromatic N) is 1. The van der Waals surface area contributed by atoms with E-state index < -0.39 is 0 Å². The van der Waals surface area contributed by atoms with E-state index in [0.29, 0.717) is 5.88 Å². The Labute approximate surface area is 114 Å². The van der Waals surface area contributed by atoms with Gasteiger partial charge in [0.2, 0.25) is 5.91 Å². The fraction of sp³-hybridized carbons (Fsp3) is 0.533. The van der Waals surface area contributed by atoms with Crippen molar-refractivity contribution >= 4 is 17.5 Å². The van der Waals surface area contributed by atoms with E-state index in [1.54, 1.807) is 0 Å². The smallest absolute Gasteiger partial charge is 0.230 e. The highest BCUT2D eigenvalue weighted by Gasteiger charge is 2.35. The molecule has 0 heterocycles. The molecule has 2 nitrogen and oxygen atoms in total. The lowest BCUT2D eigenvalue weighted by molar-refractivity contribution is -0.135. The first kappa shape index (κ1) is 13.4. The van der Waals surface area contributed by atoms with Crippen LogP contribution in [0.1, 0.15) is 37.3 Å². The molecule has 1 unspecified atom stereocenters. The average Bonchev–Trinajstić information content (AvgIpc) is 2.31. The Morgan fingerprint density at radius 1 is 1.44 bits per heavy atom. The van der Waals surface area contributed by atoms with Gasteiger partial charge in [-0.3, -0.25) is 4.79 Å². The maximum absolute atomic E-state index is 12.5. The molecule has 0 saturated carbocycles. The van der Waals surface area contributed by atoms with E-state index in [4.69, 9.17) is 11.6 Å². The van der Waals surface area contributed by atoms with Gasteiger partial charge in [-0.2, -0.15) is 0 Å². The van der Waals surface area contributed by atoms with Crippen LogP contribution < -0.4 is 0 Å². The maximum atomic E-state index is 12.5. The molecule has 0 aliphatic heterocycles. The van der Waals surface area contributed by atoms with Crippen LogP contribution in [0, 0.1) is 0 Å². The predicted molar refractivity (Wildman–Crippen MR) is 75.1 cm³/mol. The number of benzene rings is 1. The Balaban J connectivity index is 2.07. The molecule has 1 amide bonds. The number of alkyl halides is 1. The van der Waals surface area contributed by atoms with E-state index in [1.807, 2.05) is 17.0 Å². The average molecular weight is 266 g/mol. The van der Waals surface area contributed by atoms with Gasteiger partial charge < -0.3 is 4.90 Å². The summed E-state index contributed by atoms with van der Waals surface area (Å²) in [4.78, 5) is 14.5. The molecule has 98 valence electrons. The zero-order chi connectivity index (χ0) is 13.1. The zero-order valence-electron chi connectivity index (χ0n) is 11.0. The van der Waals surface area contributed by atoms with Crippen LogP contribution in [0.2, 0.25) is 0 Å². The number of amides is 1. The lowest BCUT2D eigenvalue weighted by Gasteiger charge is -2.36. The predicted octanol–water partition coefficient (Wildman–Crippen LogP) is 3.19. The molecule has 0 radical (unpaired) electrons. The van der Waals surface area contributed by atoms with Gasteiger partial charge in [0.1, 0.15) is 0 Å². The first-order valence-electron chi connectivity index (χ1n) is 6.59. The van der Waals surface area contributed by atoms with Gasteiger partial charge in [0, 0.05) is 18.5 Å². The molecule has 0 saturated heterocycles. The van der Waals surface area contributed by atoms with Crippen LogP contribution in [0.25, 0.3) is 0 Å². The third-order valence-electron chi connectivity index (χ3n) is 3.59. The summed E-state index contributed by atoms with van der Waals surface area (Å²) >= 11 is 5.73. The van der Waals surface area contributed by atoms with Gasteiger partial charge in [0.05, 0.1) is 5.92 Å². The summed E-state index contributed by atoms with van der Waals surface area (Å²) < 4.78 is 0. The molecule has 1 aromatic carbocycles. The molecule has 1 atom stereocenters. The van der Waals surface area contributed by atoms with Crippen molar-refractivity contribution < 1.29 is 4.79 Å². The first-order valence-corrected chi connectivity index (χ1v) is 7.13. The number of carbonyl (C=O) groups excluding carboxylic acids is 1. The molecular formula is C15H20ClNO. The standard InChI is InChI=1S/C15H20ClNO/c1-11(2)17(9-5-8-16)15(18)14-10-12-6-3-4-7-13(12)14/h3-4,6-7,11,14H,5,8-10H2,1-2H3. The van der Waals surface area contributed by atoms with Crippen LogP contribution in [-0.4, -0.2) is 29.3 Å². The third-order valence-corrected chi connectivity index (χ3v) is 3.86. The fourth-order valence-electron chi connectivity index (χ4n) is 2.53. The normalized spacial score (nSPS) is 17.2. The fourth-order valence-corrected chi connectivity index (χ4v) is 2.65. The summed E-state index contributed by atoms with van der Waals surface area (Å²) in [5.41, 5.74) is 2.52. The number of fused-ring (bicyclic) bond motifs is 1. The second-order valence-corrected chi connectivity index (χ2v) is 5.50. The zero-order valence-corrected chi connectivity index (χ0v) is 11.8. The number of hydrogen-bond acceptors (Lipinski definition) is 1. The van der Waals surface area contributed by atoms with Crippen molar-refractivity contribution in [1.29, 1.82) is 0 Å². The summed E-state index contributed by atoms with van der Waals surface area (Å²) in [6, 6.07) is 8.47. The van der Waals surface area contributed by atoms with Gasteiger partial charge in [0.25, 0.3) is 0 Å². The summed E-state index contributed by atoms with van der Waals surface area (Å²) in [6.07, 6.45) is 1.75. The number of hydrogen-bond donors (Lipinski definition) is 0. The van der Waals surface area contributed by atoms with Crippen LogP contribution in [0.3, 0.4) is 0 Å². The quantitative estimate of drug-likeness (QED) is 0.749. The Kier molecular flexibility index (Phi) is 4.28. The molecule has 0 aromatic heterocycles. The first-order chi connectivity index (χ1) is 8.65. The van der Waals surface area contributed by atoms with Gasteiger partial charge in [0.15, 0.2) is 0 Å². The van der Waals surface area contributed by atoms with Crippen LogP contribution >= 0.6 is 11.6 Å². The topological polar surface area (TPSA) is 20.3 Å². The monoisotopic (exact) mass is 265 g/mol. The van der Waals surface area contributed by atoms with Gasteiger partial charge in [-0.25, -0.2) is 0 Å². The number of halogens is 1. The van der Waals surface area contributed by atoms with E-state index >= 15 is 0 Å². The molecule has 0 spiro atoms.